The molecule has 0 bridgehead atoms. The van der Waals surface area contributed by atoms with Gasteiger partial charge in [-0.1, -0.05) is 29.4 Å². The second-order valence-corrected chi connectivity index (χ2v) is 9.16. The summed E-state index contributed by atoms with van der Waals surface area (Å²) in [6.45, 7) is 3.69. The van der Waals surface area contributed by atoms with Crippen molar-refractivity contribution in [2.24, 2.45) is 0 Å². The zero-order chi connectivity index (χ0) is 23.2. The molecule has 1 amide bonds. The number of amides is 1. The van der Waals surface area contributed by atoms with Crippen LogP contribution in [0.5, 0.6) is 0 Å². The van der Waals surface area contributed by atoms with E-state index in [0.717, 1.165) is 36.5 Å². The lowest BCUT2D eigenvalue weighted by Crippen LogP contribution is -2.20. The van der Waals surface area contributed by atoms with E-state index < -0.39 is 0 Å². The number of anilines is 2. The van der Waals surface area contributed by atoms with Gasteiger partial charge in [0.15, 0.2) is 11.0 Å². The Morgan fingerprint density at radius 2 is 2.03 bits per heavy atom. The molecule has 33 heavy (non-hydrogen) atoms. The number of carbonyl (C=O) groups is 1. The number of nitrogens with one attached hydrogen (secondary N) is 2. The van der Waals surface area contributed by atoms with Crippen LogP contribution in [0.3, 0.4) is 0 Å². The third-order valence-corrected chi connectivity index (χ3v) is 6.66. The monoisotopic (exact) mass is 489 g/mol. The van der Waals surface area contributed by atoms with E-state index in [0.29, 0.717) is 29.0 Å². The molecule has 2 N–H and O–H groups in total. The highest BCUT2D eigenvalue weighted by molar-refractivity contribution is 7.99. The fraction of sp³-hybridized carbons (Fsp3) is 0.348. The molecule has 1 unspecified atom stereocenters. The summed E-state index contributed by atoms with van der Waals surface area (Å²) in [5, 5.41) is 16.0. The lowest BCUT2D eigenvalue weighted by Gasteiger charge is -2.15. The Morgan fingerprint density at radius 3 is 2.76 bits per heavy atom. The highest BCUT2D eigenvalue weighted by Crippen LogP contribution is 2.23. The number of benzene rings is 2. The molecule has 1 aliphatic rings. The summed E-state index contributed by atoms with van der Waals surface area (Å²) in [5.41, 5.74) is 2.39. The van der Waals surface area contributed by atoms with Gasteiger partial charge in [0.25, 0.3) is 0 Å². The molecule has 0 spiro atoms. The van der Waals surface area contributed by atoms with Gasteiger partial charge in [-0.15, -0.1) is 10.2 Å². The lowest BCUT2D eigenvalue weighted by molar-refractivity contribution is -0.113. The Kier molecular flexibility index (Phi) is 7.85. The van der Waals surface area contributed by atoms with Gasteiger partial charge in [-0.05, 0) is 61.7 Å². The predicted molar refractivity (Wildman–Crippen MR) is 128 cm³/mol. The molecule has 2 aromatic carbocycles. The summed E-state index contributed by atoms with van der Waals surface area (Å²) in [7, 11) is 0. The molecule has 10 heteroatoms. The van der Waals surface area contributed by atoms with E-state index in [1.54, 1.807) is 18.2 Å². The number of ether oxygens (including phenoxy) is 1. The van der Waals surface area contributed by atoms with Gasteiger partial charge in [-0.2, -0.15) is 0 Å². The number of aromatic nitrogens is 3. The maximum Gasteiger partial charge on any atom is 0.234 e. The van der Waals surface area contributed by atoms with Crippen LogP contribution < -0.4 is 10.6 Å². The minimum Gasteiger partial charge on any atom is -0.378 e. The molecule has 1 atom stereocenters. The number of thioether (sulfide) groups is 1. The molecular weight excluding hydrogens is 465 g/mol. The van der Waals surface area contributed by atoms with Crippen molar-refractivity contribution in [3.63, 3.8) is 0 Å². The molecule has 174 valence electrons. The van der Waals surface area contributed by atoms with Crippen molar-refractivity contribution in [3.8, 4) is 0 Å². The van der Waals surface area contributed by atoms with E-state index in [4.69, 9.17) is 16.3 Å². The van der Waals surface area contributed by atoms with Gasteiger partial charge in [-0.25, -0.2) is 4.39 Å². The van der Waals surface area contributed by atoms with Crippen LogP contribution in [0.1, 0.15) is 24.2 Å². The molecule has 0 saturated carbocycles. The second-order valence-electron chi connectivity index (χ2n) is 7.81. The normalized spacial score (nSPS) is 15.5. The van der Waals surface area contributed by atoms with Gasteiger partial charge < -0.3 is 19.9 Å². The maximum absolute atomic E-state index is 13.2. The minimum atomic E-state index is -0.285. The average molecular weight is 490 g/mol. The van der Waals surface area contributed by atoms with Gasteiger partial charge in [0.1, 0.15) is 5.82 Å². The highest BCUT2D eigenvalue weighted by atomic mass is 35.5. The summed E-state index contributed by atoms with van der Waals surface area (Å²) in [6.07, 6.45) is 2.09. The SMILES string of the molecule is Cc1ccc(NC(=O)CSc2nnc(CNc3ccc(F)cc3)n2CC2CCCO2)cc1Cl. The summed E-state index contributed by atoms with van der Waals surface area (Å²) in [5.74, 6) is 0.466. The van der Waals surface area contributed by atoms with E-state index in [2.05, 4.69) is 20.8 Å². The zero-order valence-electron chi connectivity index (χ0n) is 18.2. The summed E-state index contributed by atoms with van der Waals surface area (Å²) < 4.78 is 21.0. The number of hydrogen-bond acceptors (Lipinski definition) is 6. The molecular formula is C23H25ClFN5O2S. The van der Waals surface area contributed by atoms with Gasteiger partial charge in [0.05, 0.1) is 24.9 Å². The summed E-state index contributed by atoms with van der Waals surface area (Å²) in [4.78, 5) is 12.5. The first-order valence-electron chi connectivity index (χ1n) is 10.7. The zero-order valence-corrected chi connectivity index (χ0v) is 19.8. The van der Waals surface area contributed by atoms with Gasteiger partial charge in [-0.3, -0.25) is 4.79 Å². The summed E-state index contributed by atoms with van der Waals surface area (Å²) in [6, 6.07) is 11.6. The first-order chi connectivity index (χ1) is 16.0. The first kappa shape index (κ1) is 23.5. The molecule has 3 aromatic rings. The molecule has 1 aliphatic heterocycles. The van der Waals surface area contributed by atoms with Crippen LogP contribution in [0.15, 0.2) is 47.6 Å². The molecule has 1 aromatic heterocycles. The van der Waals surface area contributed by atoms with E-state index in [1.165, 1.54) is 23.9 Å². The number of hydrogen-bond donors (Lipinski definition) is 2. The van der Waals surface area contributed by atoms with E-state index >= 15 is 0 Å². The van der Waals surface area contributed by atoms with Crippen LogP contribution in [0.2, 0.25) is 5.02 Å². The van der Waals surface area contributed by atoms with Crippen molar-refractivity contribution in [2.75, 3.05) is 23.0 Å². The Balaban J connectivity index is 1.41. The quantitative estimate of drug-likeness (QED) is 0.416. The van der Waals surface area contributed by atoms with Crippen molar-refractivity contribution in [2.45, 2.75) is 44.1 Å². The van der Waals surface area contributed by atoms with E-state index in [1.807, 2.05) is 23.6 Å². The molecule has 4 rings (SSSR count). The Morgan fingerprint density at radius 1 is 1.24 bits per heavy atom. The topological polar surface area (TPSA) is 81.1 Å². The third-order valence-electron chi connectivity index (χ3n) is 5.29. The fourth-order valence-electron chi connectivity index (χ4n) is 3.48. The molecule has 0 radical (unpaired) electrons. The minimum absolute atomic E-state index is 0.0912. The van der Waals surface area contributed by atoms with Crippen molar-refractivity contribution in [3.05, 3.63) is 64.7 Å². The number of aryl methyl sites for hydroxylation is 1. The maximum atomic E-state index is 13.2. The number of rotatable bonds is 9. The number of carbonyl (C=O) groups excluding carboxylic acids is 1. The highest BCUT2D eigenvalue weighted by Gasteiger charge is 2.21. The Labute approximate surface area is 201 Å². The van der Waals surface area contributed by atoms with Crippen LogP contribution in [-0.2, 0) is 22.6 Å². The molecule has 0 aliphatic carbocycles. The van der Waals surface area contributed by atoms with Gasteiger partial charge in [0.2, 0.25) is 5.91 Å². The number of nitrogens with zero attached hydrogens (tertiary/aromatic N) is 3. The van der Waals surface area contributed by atoms with Crippen LogP contribution in [0, 0.1) is 12.7 Å². The largest absolute Gasteiger partial charge is 0.378 e. The molecule has 1 fully saturated rings. The third kappa shape index (κ3) is 6.46. The lowest BCUT2D eigenvalue weighted by atomic mass is 10.2. The average Bonchev–Trinajstić information content (AvgIpc) is 3.45. The Bertz CT molecular complexity index is 1100. The Hall–Kier alpha value is -2.62. The van der Waals surface area contributed by atoms with E-state index in [-0.39, 0.29) is 23.6 Å². The van der Waals surface area contributed by atoms with Crippen molar-refractivity contribution in [1.29, 1.82) is 0 Å². The van der Waals surface area contributed by atoms with E-state index in [9.17, 15) is 9.18 Å². The van der Waals surface area contributed by atoms with Gasteiger partial charge in [0, 0.05) is 23.0 Å². The number of halogens is 2. The van der Waals surface area contributed by atoms with Crippen LogP contribution in [0.4, 0.5) is 15.8 Å². The summed E-state index contributed by atoms with van der Waals surface area (Å²) >= 11 is 7.46. The second kappa shape index (κ2) is 11.0. The molecule has 2 heterocycles. The molecule has 7 nitrogen and oxygen atoms in total. The fourth-order valence-corrected chi connectivity index (χ4v) is 4.43. The smallest absolute Gasteiger partial charge is 0.234 e. The van der Waals surface area contributed by atoms with Crippen LogP contribution in [0.25, 0.3) is 0 Å². The van der Waals surface area contributed by atoms with Crippen molar-refractivity contribution < 1.29 is 13.9 Å². The van der Waals surface area contributed by atoms with Crippen molar-refractivity contribution in [1.82, 2.24) is 14.8 Å². The predicted octanol–water partition coefficient (Wildman–Crippen LogP) is 4.90. The van der Waals surface area contributed by atoms with Crippen LogP contribution in [-0.4, -0.2) is 39.1 Å². The van der Waals surface area contributed by atoms with Crippen LogP contribution >= 0.6 is 23.4 Å². The molecule has 1 saturated heterocycles. The van der Waals surface area contributed by atoms with Gasteiger partial charge >= 0.3 is 0 Å². The van der Waals surface area contributed by atoms with Crippen molar-refractivity contribution >= 4 is 40.6 Å². The standard InChI is InChI=1S/C23H25ClFN5O2S/c1-15-4-7-18(11-20(15)24)27-22(31)14-33-23-29-28-21(30(23)13-19-3-2-10-32-19)12-26-17-8-5-16(25)6-9-17/h4-9,11,19,26H,2-3,10,12-14H2,1H3,(H,27,31). The first-order valence-corrected chi connectivity index (χ1v) is 12.1.